The van der Waals surface area contributed by atoms with Crippen molar-refractivity contribution in [2.45, 2.75) is 25.9 Å². The molecule has 8 heteroatoms. The Morgan fingerprint density at radius 1 is 1.11 bits per heavy atom. The summed E-state index contributed by atoms with van der Waals surface area (Å²) in [6.45, 7) is 3.80. The normalized spacial score (nSPS) is 12.1. The maximum atomic E-state index is 11.0. The number of carboxylic acids is 1. The number of aliphatic hydroxyl groups is 1. The van der Waals surface area contributed by atoms with Crippen molar-refractivity contribution in [3.05, 3.63) is 56.0 Å². The average Bonchev–Trinajstić information content (AvgIpc) is 2.63. The first-order valence-corrected chi connectivity index (χ1v) is 10.1. The summed E-state index contributed by atoms with van der Waals surface area (Å²) < 4.78 is 17.0. The van der Waals surface area contributed by atoms with Gasteiger partial charge in [0, 0.05) is 21.6 Å². The van der Waals surface area contributed by atoms with Gasteiger partial charge in [-0.2, -0.15) is 0 Å². The van der Waals surface area contributed by atoms with E-state index in [0.717, 1.165) is 5.56 Å². The lowest BCUT2D eigenvalue weighted by Crippen LogP contribution is -2.10. The van der Waals surface area contributed by atoms with Crippen LogP contribution in [0.2, 0.25) is 0 Å². The predicted octanol–water partition coefficient (Wildman–Crippen LogP) is 4.86. The van der Waals surface area contributed by atoms with Crippen LogP contribution in [0.3, 0.4) is 0 Å². The minimum absolute atomic E-state index is 0.149. The fourth-order valence-electron chi connectivity index (χ4n) is 2.66. The van der Waals surface area contributed by atoms with Crippen molar-refractivity contribution in [3.8, 4) is 11.5 Å². The van der Waals surface area contributed by atoms with Crippen molar-refractivity contribution in [2.75, 3.05) is 20.5 Å². The summed E-state index contributed by atoms with van der Waals surface area (Å²) in [7, 11) is 1.56. The Labute approximate surface area is 180 Å². The van der Waals surface area contributed by atoms with Gasteiger partial charge in [0.1, 0.15) is 17.6 Å². The van der Waals surface area contributed by atoms with Gasteiger partial charge in [-0.25, -0.2) is 4.79 Å². The molecule has 0 aliphatic rings. The van der Waals surface area contributed by atoms with Crippen LogP contribution in [0.25, 0.3) is 0 Å². The Morgan fingerprint density at radius 3 is 2.29 bits per heavy atom. The van der Waals surface area contributed by atoms with Gasteiger partial charge >= 0.3 is 5.97 Å². The first-order chi connectivity index (χ1) is 13.2. The van der Waals surface area contributed by atoms with E-state index in [1.807, 2.05) is 26.0 Å². The Hall–Kier alpha value is -1.61. The van der Waals surface area contributed by atoms with E-state index >= 15 is 0 Å². The Morgan fingerprint density at radius 2 is 1.75 bits per heavy atom. The molecule has 6 nitrogen and oxygen atoms in total. The van der Waals surface area contributed by atoms with Gasteiger partial charge in [0.05, 0.1) is 0 Å². The molecule has 0 aromatic heterocycles. The van der Waals surface area contributed by atoms with Crippen molar-refractivity contribution in [2.24, 2.45) is 0 Å². The summed E-state index contributed by atoms with van der Waals surface area (Å²) in [5.74, 6) is 0.220. The van der Waals surface area contributed by atoms with E-state index in [-0.39, 0.29) is 12.7 Å². The lowest BCUT2D eigenvalue weighted by atomic mass is 9.95. The molecule has 1 unspecified atom stereocenters. The van der Waals surface area contributed by atoms with Crippen LogP contribution >= 0.6 is 31.9 Å². The zero-order valence-corrected chi connectivity index (χ0v) is 18.9. The Kier molecular flexibility index (Phi) is 8.30. The maximum absolute atomic E-state index is 11.0. The van der Waals surface area contributed by atoms with Crippen LogP contribution < -0.4 is 9.47 Å². The van der Waals surface area contributed by atoms with Crippen LogP contribution in [0.5, 0.6) is 11.5 Å². The number of carboxylic acid groups (broad SMARTS) is 1. The zero-order valence-electron chi connectivity index (χ0n) is 15.7. The van der Waals surface area contributed by atoms with Crippen LogP contribution in [0.4, 0.5) is 0 Å². The van der Waals surface area contributed by atoms with Crippen molar-refractivity contribution in [3.63, 3.8) is 0 Å². The van der Waals surface area contributed by atoms with Gasteiger partial charge < -0.3 is 24.4 Å². The second-order valence-corrected chi connectivity index (χ2v) is 8.10. The van der Waals surface area contributed by atoms with E-state index in [9.17, 15) is 9.90 Å². The second kappa shape index (κ2) is 10.2. The lowest BCUT2D eigenvalue weighted by Gasteiger charge is -2.20. The number of carbonyl (C=O) groups is 1. The van der Waals surface area contributed by atoms with Gasteiger partial charge in [0.15, 0.2) is 13.4 Å². The van der Waals surface area contributed by atoms with Crippen molar-refractivity contribution in [1.29, 1.82) is 0 Å². The number of hydrogen-bond donors (Lipinski definition) is 2. The highest BCUT2D eigenvalue weighted by molar-refractivity contribution is 9.11. The molecular weight excluding hydrogens is 496 g/mol. The van der Waals surface area contributed by atoms with E-state index in [1.165, 1.54) is 0 Å². The minimum Gasteiger partial charge on any atom is -0.482 e. The Balaban J connectivity index is 2.36. The number of benzene rings is 2. The van der Waals surface area contributed by atoms with Crippen LogP contribution in [-0.4, -0.2) is 36.7 Å². The smallest absolute Gasteiger partial charge is 0.341 e. The SMILES string of the molecule is COCOc1ccc(C(O)c2c(Br)cc(OCC(=O)O)cc2Br)cc1C(C)C. The molecule has 152 valence electrons. The second-order valence-electron chi connectivity index (χ2n) is 6.39. The summed E-state index contributed by atoms with van der Waals surface area (Å²) in [5.41, 5.74) is 2.28. The number of ether oxygens (including phenoxy) is 3. The number of methoxy groups -OCH3 is 1. The van der Waals surface area contributed by atoms with Gasteiger partial charge in [-0.05, 0) is 41.3 Å². The third-order valence-corrected chi connectivity index (χ3v) is 5.30. The molecule has 28 heavy (non-hydrogen) atoms. The van der Waals surface area contributed by atoms with Crippen LogP contribution in [0.15, 0.2) is 39.3 Å². The highest BCUT2D eigenvalue weighted by Crippen LogP contribution is 2.39. The van der Waals surface area contributed by atoms with Crippen LogP contribution in [0.1, 0.15) is 42.6 Å². The molecule has 0 aliphatic carbocycles. The van der Waals surface area contributed by atoms with E-state index in [1.54, 1.807) is 25.3 Å². The van der Waals surface area contributed by atoms with Gasteiger partial charge in [-0.1, -0.05) is 51.8 Å². The molecule has 2 N–H and O–H groups in total. The highest BCUT2D eigenvalue weighted by Gasteiger charge is 2.21. The van der Waals surface area contributed by atoms with E-state index in [2.05, 4.69) is 31.9 Å². The first kappa shape index (κ1) is 22.7. The van der Waals surface area contributed by atoms with Crippen LogP contribution in [-0.2, 0) is 9.53 Å². The van der Waals surface area contributed by atoms with Crippen molar-refractivity contribution < 1.29 is 29.2 Å². The number of halogens is 2. The quantitative estimate of drug-likeness (QED) is 0.462. The fourth-order valence-corrected chi connectivity index (χ4v) is 4.24. The van der Waals surface area contributed by atoms with Crippen molar-refractivity contribution in [1.82, 2.24) is 0 Å². The number of aliphatic hydroxyl groups excluding tert-OH is 1. The van der Waals surface area contributed by atoms with E-state index < -0.39 is 18.7 Å². The van der Waals surface area contributed by atoms with Crippen molar-refractivity contribution >= 4 is 37.8 Å². The summed E-state index contributed by atoms with van der Waals surface area (Å²) in [5, 5.41) is 19.7. The van der Waals surface area contributed by atoms with E-state index in [0.29, 0.717) is 31.6 Å². The summed E-state index contributed by atoms with van der Waals surface area (Å²) in [6, 6.07) is 8.79. The molecule has 0 heterocycles. The molecular formula is C20H22Br2O6. The van der Waals surface area contributed by atoms with Gasteiger partial charge in [0.25, 0.3) is 0 Å². The van der Waals surface area contributed by atoms with Gasteiger partial charge in [-0.3, -0.25) is 0 Å². The van der Waals surface area contributed by atoms with Gasteiger partial charge in [0.2, 0.25) is 0 Å². The molecule has 0 saturated heterocycles. The molecule has 0 bridgehead atoms. The first-order valence-electron chi connectivity index (χ1n) is 8.51. The molecule has 0 aliphatic heterocycles. The maximum Gasteiger partial charge on any atom is 0.341 e. The van der Waals surface area contributed by atoms with Crippen LogP contribution in [0, 0.1) is 0 Å². The lowest BCUT2D eigenvalue weighted by molar-refractivity contribution is -0.139. The molecule has 0 saturated carbocycles. The number of rotatable bonds is 9. The van der Waals surface area contributed by atoms with Gasteiger partial charge in [-0.15, -0.1) is 0 Å². The zero-order chi connectivity index (χ0) is 20.8. The number of hydrogen-bond acceptors (Lipinski definition) is 5. The summed E-state index contributed by atoms with van der Waals surface area (Å²) >= 11 is 6.88. The summed E-state index contributed by atoms with van der Waals surface area (Å²) in [6.07, 6.45) is -0.911. The standard InChI is InChI=1S/C20H22Br2O6/c1-11(2)14-6-12(4-5-17(14)28-10-26-3)20(25)19-15(21)7-13(8-16(19)22)27-9-18(23)24/h4-8,11,20,25H,9-10H2,1-3H3,(H,23,24). The minimum atomic E-state index is -1.06. The molecule has 0 radical (unpaired) electrons. The molecule has 2 aromatic carbocycles. The Bertz CT molecular complexity index is 814. The molecule has 0 amide bonds. The monoisotopic (exact) mass is 516 g/mol. The largest absolute Gasteiger partial charge is 0.482 e. The molecule has 2 aromatic rings. The molecule has 0 fully saturated rings. The molecule has 2 rings (SSSR count). The van der Waals surface area contributed by atoms with E-state index in [4.69, 9.17) is 19.3 Å². The third-order valence-electron chi connectivity index (χ3n) is 3.99. The highest BCUT2D eigenvalue weighted by atomic mass is 79.9. The predicted molar refractivity (Wildman–Crippen MR) is 112 cm³/mol. The average molecular weight is 518 g/mol. The summed E-state index contributed by atoms with van der Waals surface area (Å²) in [4.78, 5) is 10.7. The third kappa shape index (κ3) is 5.70. The number of aliphatic carboxylic acids is 1. The molecule has 0 spiro atoms. The fraction of sp³-hybridized carbons (Fsp3) is 0.350. The topological polar surface area (TPSA) is 85.2 Å². The molecule has 1 atom stereocenters.